The van der Waals surface area contributed by atoms with Gasteiger partial charge in [-0.1, -0.05) is 38.1 Å². The monoisotopic (exact) mass is 396 g/mol. The molecule has 7 nitrogen and oxygen atoms in total. The Hall–Kier alpha value is -2.83. The lowest BCUT2D eigenvalue weighted by Crippen LogP contribution is -2.45. The molecule has 0 radical (unpaired) electrons. The van der Waals surface area contributed by atoms with Gasteiger partial charge in [0.25, 0.3) is 0 Å². The number of likely N-dealkylation sites (tertiary alicyclic amines) is 1. The van der Waals surface area contributed by atoms with E-state index in [4.69, 9.17) is 4.99 Å². The number of nitrogens with zero attached hydrogens (tertiary/aromatic N) is 4. The molecular formula is C22H32N6O. The molecule has 29 heavy (non-hydrogen) atoms. The summed E-state index contributed by atoms with van der Waals surface area (Å²) in [6, 6.07) is 10.6. The summed E-state index contributed by atoms with van der Waals surface area (Å²) in [6.07, 6.45) is 4.70. The quantitative estimate of drug-likeness (QED) is 0.556. The Kier molecular flexibility index (Phi) is 7.27. The van der Waals surface area contributed by atoms with E-state index >= 15 is 0 Å². The number of aromatic nitrogens is 2. The first-order valence-electron chi connectivity index (χ1n) is 10.4. The highest BCUT2D eigenvalue weighted by atomic mass is 16.2. The van der Waals surface area contributed by atoms with Crippen LogP contribution < -0.4 is 10.6 Å². The summed E-state index contributed by atoms with van der Waals surface area (Å²) in [7, 11) is 0. The summed E-state index contributed by atoms with van der Waals surface area (Å²) in [6.45, 7) is 9.67. The highest BCUT2D eigenvalue weighted by molar-refractivity contribution is 5.81. The van der Waals surface area contributed by atoms with E-state index in [0.29, 0.717) is 6.54 Å². The number of aliphatic imine (C=N–C) groups is 1. The molecule has 0 aliphatic carbocycles. The molecular weight excluding hydrogens is 364 g/mol. The summed E-state index contributed by atoms with van der Waals surface area (Å²) in [5.41, 5.74) is 2.37. The molecule has 2 heterocycles. The molecule has 0 bridgehead atoms. The van der Waals surface area contributed by atoms with Gasteiger partial charge >= 0.3 is 0 Å². The van der Waals surface area contributed by atoms with Crippen LogP contribution in [-0.2, 0) is 17.9 Å². The van der Waals surface area contributed by atoms with Crippen LogP contribution in [-0.4, -0.2) is 52.2 Å². The van der Waals surface area contributed by atoms with Gasteiger partial charge in [0.2, 0.25) is 5.91 Å². The fourth-order valence-corrected chi connectivity index (χ4v) is 3.53. The summed E-state index contributed by atoms with van der Waals surface area (Å²) >= 11 is 0. The molecule has 0 spiro atoms. The Morgan fingerprint density at radius 2 is 2.14 bits per heavy atom. The molecule has 1 aromatic carbocycles. The molecule has 0 saturated carbocycles. The van der Waals surface area contributed by atoms with Crippen LogP contribution in [0.4, 0.5) is 0 Å². The van der Waals surface area contributed by atoms with Crippen LogP contribution in [0.3, 0.4) is 0 Å². The Balaban J connectivity index is 1.59. The summed E-state index contributed by atoms with van der Waals surface area (Å²) in [5, 5.41) is 11.1. The van der Waals surface area contributed by atoms with Gasteiger partial charge in [-0.15, -0.1) is 0 Å². The first kappa shape index (κ1) is 20.9. The Labute approximate surface area is 173 Å². The minimum atomic E-state index is 0.0460. The second kappa shape index (κ2) is 10.1. The predicted molar refractivity (Wildman–Crippen MR) is 116 cm³/mol. The third kappa shape index (κ3) is 6.07. The second-order valence-corrected chi connectivity index (χ2v) is 7.79. The standard InChI is InChI=1S/C22H32N6O/c1-4-23-22(26-20-9-12-27(16-20)21(29)17(2)3)24-14-18-7-5-8-19(13-18)15-28-11-6-10-25-28/h5-8,10-11,13,17,20H,4,9,12,14-16H2,1-3H3,(H2,23,24,26). The maximum absolute atomic E-state index is 12.2. The zero-order valence-corrected chi connectivity index (χ0v) is 17.6. The SMILES string of the molecule is CCNC(=NCc1cccc(Cn2cccn2)c1)NC1CCN(C(=O)C(C)C)C1. The van der Waals surface area contributed by atoms with Gasteiger partial charge in [0.1, 0.15) is 0 Å². The highest BCUT2D eigenvalue weighted by Crippen LogP contribution is 2.13. The average molecular weight is 397 g/mol. The number of benzene rings is 1. The van der Waals surface area contributed by atoms with Gasteiger partial charge in [0, 0.05) is 44.0 Å². The van der Waals surface area contributed by atoms with Gasteiger partial charge in [-0.3, -0.25) is 9.48 Å². The number of hydrogen-bond acceptors (Lipinski definition) is 3. The number of amides is 1. The number of carbonyl (C=O) groups excluding carboxylic acids is 1. The minimum Gasteiger partial charge on any atom is -0.357 e. The van der Waals surface area contributed by atoms with Crippen molar-refractivity contribution in [3.63, 3.8) is 0 Å². The first-order valence-corrected chi connectivity index (χ1v) is 10.4. The van der Waals surface area contributed by atoms with Gasteiger partial charge < -0.3 is 15.5 Å². The van der Waals surface area contributed by atoms with E-state index in [1.807, 2.05) is 35.7 Å². The zero-order valence-electron chi connectivity index (χ0n) is 17.6. The van der Waals surface area contributed by atoms with E-state index < -0.39 is 0 Å². The first-order chi connectivity index (χ1) is 14.0. The predicted octanol–water partition coefficient (Wildman–Crippen LogP) is 2.24. The molecule has 1 saturated heterocycles. The summed E-state index contributed by atoms with van der Waals surface area (Å²) in [5.74, 6) is 1.07. The van der Waals surface area contributed by atoms with Crippen molar-refractivity contribution in [2.75, 3.05) is 19.6 Å². The van der Waals surface area contributed by atoms with Gasteiger partial charge in [-0.05, 0) is 30.5 Å². The van der Waals surface area contributed by atoms with Crippen molar-refractivity contribution in [3.8, 4) is 0 Å². The fourth-order valence-electron chi connectivity index (χ4n) is 3.53. The van der Waals surface area contributed by atoms with Crippen LogP contribution >= 0.6 is 0 Å². The lowest BCUT2D eigenvalue weighted by molar-refractivity contribution is -0.133. The maximum Gasteiger partial charge on any atom is 0.225 e. The molecule has 2 aromatic rings. The zero-order chi connectivity index (χ0) is 20.6. The molecule has 7 heteroatoms. The third-order valence-corrected chi connectivity index (χ3v) is 4.99. The number of carbonyl (C=O) groups is 1. The van der Waals surface area contributed by atoms with Crippen LogP contribution in [0.25, 0.3) is 0 Å². The molecule has 1 amide bonds. The van der Waals surface area contributed by atoms with Crippen LogP contribution in [0, 0.1) is 5.92 Å². The molecule has 2 N–H and O–H groups in total. The van der Waals surface area contributed by atoms with Gasteiger partial charge in [0.15, 0.2) is 5.96 Å². The Morgan fingerprint density at radius 1 is 1.31 bits per heavy atom. The molecule has 1 atom stereocenters. The lowest BCUT2D eigenvalue weighted by Gasteiger charge is -2.20. The highest BCUT2D eigenvalue weighted by Gasteiger charge is 2.27. The Morgan fingerprint density at radius 3 is 2.86 bits per heavy atom. The normalized spacial score (nSPS) is 17.0. The topological polar surface area (TPSA) is 74.6 Å². The smallest absolute Gasteiger partial charge is 0.225 e. The van der Waals surface area contributed by atoms with E-state index in [1.54, 1.807) is 6.20 Å². The van der Waals surface area contributed by atoms with Crippen LogP contribution in [0.1, 0.15) is 38.3 Å². The number of rotatable bonds is 7. The van der Waals surface area contributed by atoms with Gasteiger partial charge in [-0.25, -0.2) is 4.99 Å². The summed E-state index contributed by atoms with van der Waals surface area (Å²) in [4.78, 5) is 18.9. The molecule has 1 unspecified atom stereocenters. The van der Waals surface area contributed by atoms with Crippen molar-refractivity contribution in [3.05, 3.63) is 53.9 Å². The lowest BCUT2D eigenvalue weighted by atomic mass is 10.1. The van der Waals surface area contributed by atoms with Crippen LogP contribution in [0.15, 0.2) is 47.7 Å². The summed E-state index contributed by atoms with van der Waals surface area (Å²) < 4.78 is 1.91. The van der Waals surface area contributed by atoms with Crippen molar-refractivity contribution in [1.82, 2.24) is 25.3 Å². The molecule has 1 aliphatic heterocycles. The van der Waals surface area contributed by atoms with Crippen molar-refractivity contribution in [2.24, 2.45) is 10.9 Å². The van der Waals surface area contributed by atoms with Crippen molar-refractivity contribution in [1.29, 1.82) is 0 Å². The number of hydrogen-bond donors (Lipinski definition) is 2. The molecule has 3 rings (SSSR count). The third-order valence-electron chi connectivity index (χ3n) is 4.99. The number of nitrogens with one attached hydrogen (secondary N) is 2. The van der Waals surface area contributed by atoms with Crippen molar-refractivity contribution < 1.29 is 4.79 Å². The minimum absolute atomic E-state index is 0.0460. The second-order valence-electron chi connectivity index (χ2n) is 7.79. The average Bonchev–Trinajstić information content (AvgIpc) is 3.38. The molecule has 1 aliphatic rings. The Bertz CT molecular complexity index is 814. The number of guanidine groups is 1. The van der Waals surface area contributed by atoms with Crippen LogP contribution in [0.5, 0.6) is 0 Å². The van der Waals surface area contributed by atoms with Crippen molar-refractivity contribution >= 4 is 11.9 Å². The molecule has 1 fully saturated rings. The fraction of sp³-hybridized carbons (Fsp3) is 0.500. The van der Waals surface area contributed by atoms with E-state index in [1.165, 1.54) is 5.56 Å². The van der Waals surface area contributed by atoms with E-state index in [-0.39, 0.29) is 17.9 Å². The molecule has 1 aromatic heterocycles. The van der Waals surface area contributed by atoms with E-state index in [0.717, 1.165) is 44.1 Å². The maximum atomic E-state index is 12.2. The van der Waals surface area contributed by atoms with Crippen molar-refractivity contribution in [2.45, 2.75) is 46.3 Å². The van der Waals surface area contributed by atoms with E-state index in [9.17, 15) is 4.79 Å². The largest absolute Gasteiger partial charge is 0.357 e. The van der Waals surface area contributed by atoms with Gasteiger partial charge in [0.05, 0.1) is 13.1 Å². The van der Waals surface area contributed by atoms with E-state index in [2.05, 4.69) is 46.9 Å². The van der Waals surface area contributed by atoms with Gasteiger partial charge in [-0.2, -0.15) is 5.10 Å². The van der Waals surface area contributed by atoms with Crippen LogP contribution in [0.2, 0.25) is 0 Å². The molecule has 156 valence electrons.